The molecule has 0 amide bonds. The summed E-state index contributed by atoms with van der Waals surface area (Å²) in [6.07, 6.45) is -8.17. The lowest BCUT2D eigenvalue weighted by Crippen LogP contribution is -2.63. The molecule has 2 aliphatic rings. The molecule has 9 nitrogen and oxygen atoms in total. The number of carboxylic acid groups (broad SMARTS) is 1. The summed E-state index contributed by atoms with van der Waals surface area (Å²) in [5, 5.41) is 30.3. The van der Waals surface area contributed by atoms with Gasteiger partial charge in [0.05, 0.1) is 18.3 Å². The fourth-order valence-electron chi connectivity index (χ4n) is 3.41. The molecule has 25 heavy (non-hydrogen) atoms. The fraction of sp³-hybridized carbons (Fsp3) is 0.938. The molecule has 3 N–H and O–H groups in total. The summed E-state index contributed by atoms with van der Waals surface area (Å²) in [6.45, 7) is 5.43. The molecule has 10 atom stereocenters. The van der Waals surface area contributed by atoms with Crippen molar-refractivity contribution in [3.05, 3.63) is 0 Å². The van der Waals surface area contributed by atoms with Gasteiger partial charge in [-0.2, -0.15) is 0 Å². The fourth-order valence-corrected chi connectivity index (χ4v) is 3.41. The summed E-state index contributed by atoms with van der Waals surface area (Å²) in [6, 6.07) is 0. The molecule has 2 saturated heterocycles. The summed E-state index contributed by atoms with van der Waals surface area (Å²) in [7, 11) is 2.65. The average molecular weight is 364 g/mol. The van der Waals surface area contributed by atoms with Crippen molar-refractivity contribution in [2.75, 3.05) is 14.2 Å². The first-order valence-electron chi connectivity index (χ1n) is 8.33. The van der Waals surface area contributed by atoms with Crippen LogP contribution in [0, 0.1) is 5.92 Å². The third-order valence-electron chi connectivity index (χ3n) is 5.11. The van der Waals surface area contributed by atoms with Crippen LogP contribution in [0.25, 0.3) is 0 Å². The van der Waals surface area contributed by atoms with E-state index in [9.17, 15) is 20.1 Å². The van der Waals surface area contributed by atoms with Crippen molar-refractivity contribution in [3.63, 3.8) is 0 Å². The Kier molecular flexibility index (Phi) is 6.77. The van der Waals surface area contributed by atoms with Gasteiger partial charge in [-0.3, -0.25) is 0 Å². The van der Waals surface area contributed by atoms with E-state index in [-0.39, 0.29) is 12.0 Å². The van der Waals surface area contributed by atoms with Crippen LogP contribution in [0.4, 0.5) is 0 Å². The van der Waals surface area contributed by atoms with E-state index >= 15 is 0 Å². The van der Waals surface area contributed by atoms with Gasteiger partial charge in [-0.05, 0) is 13.8 Å². The largest absolute Gasteiger partial charge is 0.479 e. The van der Waals surface area contributed by atoms with Gasteiger partial charge in [0.2, 0.25) is 0 Å². The van der Waals surface area contributed by atoms with Crippen LogP contribution in [0.5, 0.6) is 0 Å². The van der Waals surface area contributed by atoms with Crippen LogP contribution < -0.4 is 0 Å². The minimum absolute atomic E-state index is 0.154. The van der Waals surface area contributed by atoms with E-state index in [4.69, 9.17) is 23.7 Å². The maximum atomic E-state index is 11.5. The smallest absolute Gasteiger partial charge is 0.335 e. The first kappa shape index (κ1) is 20.5. The van der Waals surface area contributed by atoms with Crippen molar-refractivity contribution >= 4 is 5.97 Å². The molecule has 2 heterocycles. The molecule has 0 bridgehead atoms. The minimum Gasteiger partial charge on any atom is -0.479 e. The molecular formula is C16H28O9. The third-order valence-corrected chi connectivity index (χ3v) is 5.11. The van der Waals surface area contributed by atoms with Crippen molar-refractivity contribution in [2.24, 2.45) is 5.92 Å². The molecule has 9 heteroatoms. The van der Waals surface area contributed by atoms with Crippen LogP contribution in [0.2, 0.25) is 0 Å². The Morgan fingerprint density at radius 2 is 1.48 bits per heavy atom. The van der Waals surface area contributed by atoms with Gasteiger partial charge in [0.25, 0.3) is 0 Å². The van der Waals surface area contributed by atoms with Crippen molar-refractivity contribution in [3.8, 4) is 0 Å². The highest BCUT2D eigenvalue weighted by molar-refractivity contribution is 5.73. The van der Waals surface area contributed by atoms with Gasteiger partial charge in [0, 0.05) is 20.1 Å². The zero-order valence-corrected chi connectivity index (χ0v) is 15.1. The summed E-state index contributed by atoms with van der Waals surface area (Å²) >= 11 is 0. The van der Waals surface area contributed by atoms with E-state index in [1.165, 1.54) is 14.2 Å². The predicted octanol–water partition coefficient (Wildman–Crippen LogP) is -0.624. The number of rotatable bonds is 5. The molecule has 0 aromatic carbocycles. The maximum absolute atomic E-state index is 11.5. The molecule has 0 spiro atoms. The van der Waals surface area contributed by atoms with E-state index in [0.29, 0.717) is 0 Å². The number of aliphatic hydroxyl groups is 2. The standard InChI is InChI=1S/C16H28O9/c1-6-7(2)23-8(3)11(9(6)17)24-16-10(18)12(21-4)13(22-5)14(25-16)15(19)20/h6-14,16-18H,1-5H3,(H,19,20). The Bertz CT molecular complexity index is 459. The van der Waals surface area contributed by atoms with E-state index in [1.807, 2.05) is 13.8 Å². The number of ether oxygens (including phenoxy) is 5. The Balaban J connectivity index is 2.18. The normalized spacial score (nSPS) is 48.3. The van der Waals surface area contributed by atoms with Gasteiger partial charge in [-0.25, -0.2) is 4.79 Å². The predicted molar refractivity (Wildman–Crippen MR) is 84.0 cm³/mol. The number of carbonyl (C=O) groups is 1. The summed E-state index contributed by atoms with van der Waals surface area (Å²) in [4.78, 5) is 11.5. The number of aliphatic hydroxyl groups excluding tert-OH is 2. The van der Waals surface area contributed by atoms with Crippen LogP contribution in [0.1, 0.15) is 20.8 Å². The second kappa shape index (κ2) is 8.26. The zero-order chi connectivity index (χ0) is 18.9. The van der Waals surface area contributed by atoms with Crippen LogP contribution in [-0.2, 0) is 28.5 Å². The van der Waals surface area contributed by atoms with Gasteiger partial charge in [0.1, 0.15) is 24.4 Å². The minimum atomic E-state index is -1.38. The van der Waals surface area contributed by atoms with Crippen molar-refractivity contribution in [1.29, 1.82) is 0 Å². The molecular weight excluding hydrogens is 336 g/mol. The molecule has 146 valence electrons. The third kappa shape index (κ3) is 3.97. The Hall–Kier alpha value is -0.810. The quantitative estimate of drug-likeness (QED) is 0.585. The first-order valence-corrected chi connectivity index (χ1v) is 8.33. The second-order valence-corrected chi connectivity index (χ2v) is 6.65. The molecule has 2 fully saturated rings. The van der Waals surface area contributed by atoms with Crippen molar-refractivity contribution in [1.82, 2.24) is 0 Å². The topological polar surface area (TPSA) is 124 Å². The lowest BCUT2D eigenvalue weighted by atomic mass is 9.89. The number of hydrogen-bond acceptors (Lipinski definition) is 8. The molecule has 0 aromatic heterocycles. The molecule has 2 aliphatic heterocycles. The highest BCUT2D eigenvalue weighted by Crippen LogP contribution is 2.32. The average Bonchev–Trinajstić information content (AvgIpc) is 2.57. The van der Waals surface area contributed by atoms with Crippen LogP contribution in [-0.4, -0.2) is 90.6 Å². The lowest BCUT2D eigenvalue weighted by molar-refractivity contribution is -0.333. The van der Waals surface area contributed by atoms with E-state index in [2.05, 4.69) is 0 Å². The number of hydrogen-bond donors (Lipinski definition) is 3. The summed E-state index contributed by atoms with van der Waals surface area (Å²) in [5.74, 6) is -1.45. The van der Waals surface area contributed by atoms with E-state index in [1.54, 1.807) is 6.92 Å². The number of aliphatic carboxylic acids is 1. The Morgan fingerprint density at radius 1 is 0.880 bits per heavy atom. The van der Waals surface area contributed by atoms with Gasteiger partial charge in [-0.1, -0.05) is 6.92 Å². The van der Waals surface area contributed by atoms with Crippen LogP contribution in [0.15, 0.2) is 0 Å². The summed E-state index contributed by atoms with van der Waals surface area (Å²) < 4.78 is 27.2. The molecule has 0 saturated carbocycles. The highest BCUT2D eigenvalue weighted by atomic mass is 16.7. The zero-order valence-electron chi connectivity index (χ0n) is 15.1. The van der Waals surface area contributed by atoms with Gasteiger partial charge >= 0.3 is 5.97 Å². The molecule has 0 radical (unpaired) electrons. The second-order valence-electron chi connectivity index (χ2n) is 6.65. The van der Waals surface area contributed by atoms with Gasteiger partial charge in [-0.15, -0.1) is 0 Å². The monoisotopic (exact) mass is 364 g/mol. The first-order chi connectivity index (χ1) is 11.7. The van der Waals surface area contributed by atoms with Gasteiger partial charge in [0.15, 0.2) is 12.4 Å². The van der Waals surface area contributed by atoms with E-state index in [0.717, 1.165) is 0 Å². The maximum Gasteiger partial charge on any atom is 0.335 e. The van der Waals surface area contributed by atoms with Crippen LogP contribution in [0.3, 0.4) is 0 Å². The highest BCUT2D eigenvalue weighted by Gasteiger charge is 2.51. The van der Waals surface area contributed by atoms with Gasteiger partial charge < -0.3 is 39.0 Å². The summed E-state index contributed by atoms with van der Waals surface area (Å²) in [5.41, 5.74) is 0. The Morgan fingerprint density at radius 3 is 2.00 bits per heavy atom. The SMILES string of the molecule is COC1C(C(=O)O)OC(OC2C(C)OC(C)C(C)C2O)C(O)C1OC. The molecule has 10 unspecified atom stereocenters. The van der Waals surface area contributed by atoms with Crippen LogP contribution >= 0.6 is 0 Å². The molecule has 0 aliphatic carbocycles. The number of carboxylic acids is 1. The Labute approximate surface area is 146 Å². The molecule has 0 aromatic rings. The van der Waals surface area contributed by atoms with E-state index < -0.39 is 55.0 Å². The van der Waals surface area contributed by atoms with Crippen molar-refractivity contribution < 1.29 is 43.8 Å². The lowest BCUT2D eigenvalue weighted by Gasteiger charge is -2.46. The molecule has 2 rings (SSSR count). The number of methoxy groups -OCH3 is 2. The van der Waals surface area contributed by atoms with Crippen molar-refractivity contribution in [2.45, 2.75) is 75.9 Å².